The van der Waals surface area contributed by atoms with Gasteiger partial charge in [-0.25, -0.2) is 9.67 Å². The zero-order valence-electron chi connectivity index (χ0n) is 9.73. The van der Waals surface area contributed by atoms with Crippen LogP contribution >= 0.6 is 11.6 Å². The summed E-state index contributed by atoms with van der Waals surface area (Å²) in [7, 11) is 0. The van der Waals surface area contributed by atoms with E-state index in [1.54, 1.807) is 6.33 Å². The van der Waals surface area contributed by atoms with Gasteiger partial charge in [-0.15, -0.1) is 0 Å². The summed E-state index contributed by atoms with van der Waals surface area (Å²) in [5.74, 6) is 0.814. The van der Waals surface area contributed by atoms with Crippen LogP contribution in [0.25, 0.3) is 0 Å². The second-order valence-corrected chi connectivity index (χ2v) is 4.21. The van der Waals surface area contributed by atoms with E-state index in [1.807, 2.05) is 28.9 Å². The van der Waals surface area contributed by atoms with Crippen LogP contribution in [0.2, 0.25) is 5.02 Å². The van der Waals surface area contributed by atoms with Crippen LogP contribution in [0.5, 0.6) is 0 Å². The van der Waals surface area contributed by atoms with E-state index in [-0.39, 0.29) is 0 Å². The number of halogens is 1. The molecule has 0 aliphatic carbocycles. The monoisotopic (exact) mass is 250 g/mol. The normalized spacial score (nSPS) is 10.7. The minimum atomic E-state index is 0.694. The number of hydrogen-bond acceptors (Lipinski definition) is 3. The first-order valence-corrected chi connectivity index (χ1v) is 5.99. The summed E-state index contributed by atoms with van der Waals surface area (Å²) in [4.78, 5) is 4.23. The van der Waals surface area contributed by atoms with Gasteiger partial charge in [-0.3, -0.25) is 0 Å². The minimum absolute atomic E-state index is 0.694. The Labute approximate surface area is 106 Å². The molecule has 0 saturated carbocycles. The molecule has 0 radical (unpaired) electrons. The van der Waals surface area contributed by atoms with Gasteiger partial charge in [0.2, 0.25) is 0 Å². The lowest BCUT2D eigenvalue weighted by molar-refractivity contribution is 0.643. The van der Waals surface area contributed by atoms with Crippen molar-refractivity contribution in [2.75, 3.05) is 6.54 Å². The van der Waals surface area contributed by atoms with Crippen molar-refractivity contribution in [3.8, 4) is 0 Å². The Bertz CT molecular complexity index is 481. The topological polar surface area (TPSA) is 42.7 Å². The highest BCUT2D eigenvalue weighted by atomic mass is 35.5. The average molecular weight is 251 g/mol. The molecule has 2 rings (SSSR count). The van der Waals surface area contributed by atoms with Gasteiger partial charge < -0.3 is 5.32 Å². The van der Waals surface area contributed by atoms with Crippen LogP contribution in [-0.4, -0.2) is 21.3 Å². The summed E-state index contributed by atoms with van der Waals surface area (Å²) >= 11 is 5.93. The Kier molecular flexibility index (Phi) is 4.12. The second-order valence-electron chi connectivity index (χ2n) is 3.77. The molecule has 0 spiro atoms. The molecule has 0 atom stereocenters. The van der Waals surface area contributed by atoms with Gasteiger partial charge in [-0.1, -0.05) is 30.7 Å². The van der Waals surface area contributed by atoms with Gasteiger partial charge in [-0.2, -0.15) is 5.10 Å². The maximum Gasteiger partial charge on any atom is 0.164 e. The first kappa shape index (κ1) is 12.1. The van der Waals surface area contributed by atoms with Crippen LogP contribution < -0.4 is 5.32 Å². The number of nitrogens with one attached hydrogen (secondary N) is 1. The van der Waals surface area contributed by atoms with Crippen molar-refractivity contribution < 1.29 is 0 Å². The minimum Gasteiger partial charge on any atom is -0.310 e. The van der Waals surface area contributed by atoms with Crippen LogP contribution in [0.4, 0.5) is 0 Å². The van der Waals surface area contributed by atoms with Crippen LogP contribution in [0.3, 0.4) is 0 Å². The number of benzene rings is 1. The lowest BCUT2D eigenvalue weighted by atomic mass is 10.2. The Hall–Kier alpha value is -1.39. The molecule has 1 heterocycles. The maximum absolute atomic E-state index is 5.93. The summed E-state index contributed by atoms with van der Waals surface area (Å²) < 4.78 is 1.82. The molecule has 2 aromatic rings. The number of aromatic nitrogens is 3. The van der Waals surface area contributed by atoms with Gasteiger partial charge in [0.1, 0.15) is 6.33 Å². The van der Waals surface area contributed by atoms with Crippen molar-refractivity contribution in [2.24, 2.45) is 0 Å². The fourth-order valence-corrected chi connectivity index (χ4v) is 1.76. The van der Waals surface area contributed by atoms with Gasteiger partial charge in [-0.05, 0) is 24.2 Å². The first-order chi connectivity index (χ1) is 8.28. The Morgan fingerprint density at radius 1 is 1.41 bits per heavy atom. The second kappa shape index (κ2) is 5.80. The zero-order valence-corrected chi connectivity index (χ0v) is 10.5. The van der Waals surface area contributed by atoms with E-state index in [9.17, 15) is 0 Å². The van der Waals surface area contributed by atoms with E-state index < -0.39 is 0 Å². The smallest absolute Gasteiger partial charge is 0.164 e. The van der Waals surface area contributed by atoms with E-state index in [0.717, 1.165) is 23.0 Å². The molecular formula is C12H15ClN4. The molecule has 4 nitrogen and oxygen atoms in total. The highest BCUT2D eigenvalue weighted by Crippen LogP contribution is 2.11. The summed E-state index contributed by atoms with van der Waals surface area (Å²) in [6, 6.07) is 7.77. The third kappa shape index (κ3) is 3.54. The Balaban J connectivity index is 2.01. The molecule has 0 unspecified atom stereocenters. The Morgan fingerprint density at radius 2 is 2.29 bits per heavy atom. The average Bonchev–Trinajstić information content (AvgIpc) is 2.74. The molecule has 0 fully saturated rings. The van der Waals surface area contributed by atoms with Gasteiger partial charge in [0.15, 0.2) is 5.82 Å². The Morgan fingerprint density at radius 3 is 3.06 bits per heavy atom. The molecule has 1 aromatic heterocycles. The lowest BCUT2D eigenvalue weighted by Gasteiger charge is -2.01. The molecule has 90 valence electrons. The maximum atomic E-state index is 5.93. The van der Waals surface area contributed by atoms with Crippen molar-refractivity contribution >= 4 is 11.6 Å². The molecule has 0 aliphatic rings. The van der Waals surface area contributed by atoms with Crippen LogP contribution in [0, 0.1) is 0 Å². The van der Waals surface area contributed by atoms with E-state index in [0.29, 0.717) is 13.1 Å². The molecule has 1 N–H and O–H groups in total. The summed E-state index contributed by atoms with van der Waals surface area (Å²) in [5, 5.41) is 8.31. The van der Waals surface area contributed by atoms with E-state index in [1.165, 1.54) is 0 Å². The summed E-state index contributed by atoms with van der Waals surface area (Å²) in [6.07, 6.45) is 1.74. The fourth-order valence-electron chi connectivity index (χ4n) is 1.55. The van der Waals surface area contributed by atoms with Crippen molar-refractivity contribution in [2.45, 2.75) is 20.0 Å². The quantitative estimate of drug-likeness (QED) is 0.884. The van der Waals surface area contributed by atoms with Crippen molar-refractivity contribution in [3.05, 3.63) is 47.0 Å². The standard InChI is InChI=1S/C12H15ClN4/c1-2-14-7-12-15-9-17(16-12)8-10-4-3-5-11(13)6-10/h3-6,9,14H,2,7-8H2,1H3. The van der Waals surface area contributed by atoms with Gasteiger partial charge in [0, 0.05) is 5.02 Å². The SMILES string of the molecule is CCNCc1ncn(Cc2cccc(Cl)c2)n1. The molecule has 0 aliphatic heterocycles. The number of rotatable bonds is 5. The van der Waals surface area contributed by atoms with Gasteiger partial charge in [0.05, 0.1) is 13.1 Å². The van der Waals surface area contributed by atoms with Crippen molar-refractivity contribution in [3.63, 3.8) is 0 Å². The molecule has 0 bridgehead atoms. The van der Waals surface area contributed by atoms with Gasteiger partial charge >= 0.3 is 0 Å². The van der Waals surface area contributed by atoms with Crippen molar-refractivity contribution in [1.29, 1.82) is 0 Å². The molecular weight excluding hydrogens is 236 g/mol. The van der Waals surface area contributed by atoms with Crippen LogP contribution in [0.1, 0.15) is 18.3 Å². The van der Waals surface area contributed by atoms with E-state index in [4.69, 9.17) is 11.6 Å². The molecule has 1 aromatic carbocycles. The van der Waals surface area contributed by atoms with Crippen LogP contribution in [-0.2, 0) is 13.1 Å². The van der Waals surface area contributed by atoms with Crippen LogP contribution in [0.15, 0.2) is 30.6 Å². The summed E-state index contributed by atoms with van der Waals surface area (Å²) in [5.41, 5.74) is 1.12. The molecule has 0 amide bonds. The molecule has 17 heavy (non-hydrogen) atoms. The fraction of sp³-hybridized carbons (Fsp3) is 0.333. The third-order valence-electron chi connectivity index (χ3n) is 2.35. The van der Waals surface area contributed by atoms with Gasteiger partial charge in [0.25, 0.3) is 0 Å². The highest BCUT2D eigenvalue weighted by Gasteiger charge is 2.01. The summed E-state index contributed by atoms with van der Waals surface area (Å²) in [6.45, 7) is 4.38. The number of hydrogen-bond donors (Lipinski definition) is 1. The molecule has 0 saturated heterocycles. The van der Waals surface area contributed by atoms with Crippen molar-refractivity contribution in [1.82, 2.24) is 20.1 Å². The van der Waals surface area contributed by atoms with E-state index in [2.05, 4.69) is 22.3 Å². The molecule has 5 heteroatoms. The lowest BCUT2D eigenvalue weighted by Crippen LogP contribution is -2.13. The third-order valence-corrected chi connectivity index (χ3v) is 2.59. The largest absolute Gasteiger partial charge is 0.310 e. The zero-order chi connectivity index (χ0) is 12.1. The first-order valence-electron chi connectivity index (χ1n) is 5.61. The van der Waals surface area contributed by atoms with E-state index >= 15 is 0 Å². The highest BCUT2D eigenvalue weighted by molar-refractivity contribution is 6.30. The predicted octanol–water partition coefficient (Wildman–Crippen LogP) is 2.09. The number of nitrogens with zero attached hydrogens (tertiary/aromatic N) is 3. The predicted molar refractivity (Wildman–Crippen MR) is 68.0 cm³/mol.